The summed E-state index contributed by atoms with van der Waals surface area (Å²) in [7, 11) is 0. The van der Waals surface area contributed by atoms with E-state index in [1.807, 2.05) is 47.8 Å². The Morgan fingerprint density at radius 1 is 1.19 bits per heavy atom. The van der Waals surface area contributed by atoms with Gasteiger partial charge in [-0.25, -0.2) is 9.67 Å². The van der Waals surface area contributed by atoms with Gasteiger partial charge < -0.3 is 0 Å². The molecule has 0 bridgehead atoms. The largest absolute Gasteiger partial charge is 0.298 e. The maximum atomic E-state index is 12.9. The molecular weight excluding hydrogens is 430 g/mol. The van der Waals surface area contributed by atoms with E-state index < -0.39 is 0 Å². The average Bonchev–Trinajstić information content (AvgIpc) is 3.33. The van der Waals surface area contributed by atoms with E-state index >= 15 is 0 Å². The van der Waals surface area contributed by atoms with Crippen molar-refractivity contribution in [3.8, 4) is 23.2 Å². The maximum Gasteiger partial charge on any atom is 0.262 e. The summed E-state index contributed by atoms with van der Waals surface area (Å²) in [5.74, 6) is 5.45. The minimum Gasteiger partial charge on any atom is -0.298 e. The Balaban J connectivity index is 1.50. The predicted molar refractivity (Wildman–Crippen MR) is 123 cm³/mol. The summed E-state index contributed by atoms with van der Waals surface area (Å²) >= 11 is 7.81. The lowest BCUT2D eigenvalue weighted by atomic mass is 10.2. The molecule has 3 heterocycles. The van der Waals surface area contributed by atoms with Crippen LogP contribution in [0.4, 0.5) is 5.13 Å². The summed E-state index contributed by atoms with van der Waals surface area (Å²) in [6, 6.07) is 13.6. The molecule has 4 rings (SSSR count). The first-order valence-corrected chi connectivity index (χ1v) is 10.7. The monoisotopic (exact) mass is 447 g/mol. The number of aromatic nitrogens is 4. The number of hydrogen-bond acceptors (Lipinski definition) is 5. The van der Waals surface area contributed by atoms with Crippen LogP contribution in [0.15, 0.2) is 54.0 Å². The summed E-state index contributed by atoms with van der Waals surface area (Å²) in [5, 5.41) is 9.85. The second-order valence-corrected chi connectivity index (χ2v) is 7.91. The van der Waals surface area contributed by atoms with Crippen molar-refractivity contribution in [1.29, 1.82) is 0 Å². The van der Waals surface area contributed by atoms with Crippen LogP contribution in [0.2, 0.25) is 5.15 Å². The van der Waals surface area contributed by atoms with Crippen molar-refractivity contribution < 1.29 is 4.79 Å². The first kappa shape index (κ1) is 20.8. The minimum absolute atomic E-state index is 0.296. The highest BCUT2D eigenvalue weighted by molar-refractivity contribution is 7.14. The van der Waals surface area contributed by atoms with E-state index in [4.69, 9.17) is 11.6 Å². The Labute approximate surface area is 188 Å². The molecule has 3 aromatic heterocycles. The second-order valence-electron chi connectivity index (χ2n) is 6.69. The molecule has 1 aromatic carbocycles. The van der Waals surface area contributed by atoms with Crippen LogP contribution in [-0.4, -0.2) is 25.7 Å². The van der Waals surface area contributed by atoms with Gasteiger partial charge in [-0.15, -0.1) is 17.3 Å². The molecule has 1 amide bonds. The molecule has 154 valence electrons. The van der Waals surface area contributed by atoms with Crippen molar-refractivity contribution in [2.45, 2.75) is 20.4 Å². The van der Waals surface area contributed by atoms with Crippen LogP contribution in [-0.2, 0) is 6.54 Å². The lowest BCUT2D eigenvalue weighted by Crippen LogP contribution is -2.13. The average molecular weight is 448 g/mol. The summed E-state index contributed by atoms with van der Waals surface area (Å²) in [5.41, 5.74) is 4.18. The van der Waals surface area contributed by atoms with Crippen molar-refractivity contribution in [3.63, 3.8) is 0 Å². The molecule has 0 aliphatic carbocycles. The Bertz CT molecular complexity index is 1280. The number of carbonyl (C=O) groups excluding carboxylic acids is 1. The van der Waals surface area contributed by atoms with Crippen LogP contribution >= 0.6 is 22.9 Å². The van der Waals surface area contributed by atoms with E-state index in [0.717, 1.165) is 11.1 Å². The smallest absolute Gasteiger partial charge is 0.262 e. The van der Waals surface area contributed by atoms with E-state index in [9.17, 15) is 4.79 Å². The molecule has 0 atom stereocenters. The van der Waals surface area contributed by atoms with Crippen molar-refractivity contribution in [2.24, 2.45) is 0 Å². The SMILES string of the molecule is CC#Cc1ccc(-c2csc(NC(=O)c3c(C)nn(Cc4ccccc4)c3Cl)n2)nc1. The van der Waals surface area contributed by atoms with Crippen molar-refractivity contribution in [3.05, 3.63) is 81.6 Å². The van der Waals surface area contributed by atoms with Gasteiger partial charge in [-0.05, 0) is 31.5 Å². The van der Waals surface area contributed by atoms with Crippen molar-refractivity contribution in [1.82, 2.24) is 19.7 Å². The third kappa shape index (κ3) is 4.66. The number of halogens is 1. The van der Waals surface area contributed by atoms with Crippen LogP contribution in [0.3, 0.4) is 0 Å². The Kier molecular flexibility index (Phi) is 6.12. The number of pyridine rings is 1. The molecule has 0 spiro atoms. The van der Waals surface area contributed by atoms with Crippen LogP contribution in [0, 0.1) is 18.8 Å². The van der Waals surface area contributed by atoms with Gasteiger partial charge in [0, 0.05) is 17.1 Å². The van der Waals surface area contributed by atoms with Gasteiger partial charge in [0.15, 0.2) is 5.13 Å². The predicted octanol–water partition coefficient (Wildman–Crippen LogP) is 5.04. The second kappa shape index (κ2) is 9.13. The minimum atomic E-state index is -0.343. The van der Waals surface area contributed by atoms with Gasteiger partial charge in [-0.1, -0.05) is 47.9 Å². The van der Waals surface area contributed by atoms with E-state index in [0.29, 0.717) is 39.5 Å². The third-order valence-corrected chi connectivity index (χ3v) is 5.63. The quantitative estimate of drug-likeness (QED) is 0.435. The summed E-state index contributed by atoms with van der Waals surface area (Å²) in [6.07, 6.45) is 1.70. The molecule has 6 nitrogen and oxygen atoms in total. The number of anilines is 1. The highest BCUT2D eigenvalue weighted by Gasteiger charge is 2.21. The molecule has 0 aliphatic heterocycles. The number of benzene rings is 1. The molecule has 0 saturated carbocycles. The van der Waals surface area contributed by atoms with Crippen molar-refractivity contribution in [2.75, 3.05) is 5.32 Å². The summed E-state index contributed by atoms with van der Waals surface area (Å²) in [6.45, 7) is 4.03. The number of carbonyl (C=O) groups is 1. The molecule has 0 fully saturated rings. The fraction of sp³-hybridized carbons (Fsp3) is 0.130. The van der Waals surface area contributed by atoms with Crippen LogP contribution in [0.1, 0.15) is 34.1 Å². The number of nitrogens with one attached hydrogen (secondary N) is 1. The van der Waals surface area contributed by atoms with E-state index in [1.165, 1.54) is 11.3 Å². The van der Waals surface area contributed by atoms with Gasteiger partial charge in [0.1, 0.15) is 10.8 Å². The number of hydrogen-bond donors (Lipinski definition) is 1. The third-order valence-electron chi connectivity index (χ3n) is 4.49. The van der Waals surface area contributed by atoms with Gasteiger partial charge in [-0.2, -0.15) is 5.10 Å². The van der Waals surface area contributed by atoms with Gasteiger partial charge in [0.25, 0.3) is 5.91 Å². The zero-order valence-electron chi connectivity index (χ0n) is 16.9. The number of rotatable bonds is 5. The van der Waals surface area contributed by atoms with Crippen LogP contribution in [0.25, 0.3) is 11.4 Å². The van der Waals surface area contributed by atoms with Gasteiger partial charge >= 0.3 is 0 Å². The van der Waals surface area contributed by atoms with Crippen LogP contribution in [0.5, 0.6) is 0 Å². The number of amides is 1. The van der Waals surface area contributed by atoms with Crippen LogP contribution < -0.4 is 5.32 Å². The first-order valence-electron chi connectivity index (χ1n) is 9.48. The highest BCUT2D eigenvalue weighted by atomic mass is 35.5. The van der Waals surface area contributed by atoms with Gasteiger partial charge in [0.2, 0.25) is 0 Å². The molecule has 0 unspecified atom stereocenters. The fourth-order valence-electron chi connectivity index (χ4n) is 3.04. The Morgan fingerprint density at radius 2 is 2.00 bits per heavy atom. The fourth-order valence-corrected chi connectivity index (χ4v) is 4.06. The standard InChI is InChI=1S/C23H18ClN5OS/c1-3-7-16-10-11-18(25-12-16)19-14-31-23(26-19)27-22(30)20-15(2)28-29(21(20)24)13-17-8-5-4-6-9-17/h4-6,8-12,14H,13H2,1-2H3,(H,26,27,30). The molecule has 8 heteroatoms. The van der Waals surface area contributed by atoms with Crippen molar-refractivity contribution >= 4 is 34.0 Å². The lowest BCUT2D eigenvalue weighted by molar-refractivity contribution is 0.102. The maximum absolute atomic E-state index is 12.9. The Hall–Kier alpha value is -3.47. The zero-order chi connectivity index (χ0) is 21.8. The van der Waals surface area contributed by atoms with Gasteiger partial charge in [-0.3, -0.25) is 15.1 Å². The lowest BCUT2D eigenvalue weighted by Gasteiger charge is -2.04. The summed E-state index contributed by atoms with van der Waals surface area (Å²) < 4.78 is 1.62. The topological polar surface area (TPSA) is 72.7 Å². The van der Waals surface area contributed by atoms with E-state index in [2.05, 4.69) is 32.2 Å². The number of nitrogens with zero attached hydrogens (tertiary/aromatic N) is 4. The normalized spacial score (nSPS) is 10.4. The first-order chi connectivity index (χ1) is 15.0. The highest BCUT2D eigenvalue weighted by Crippen LogP contribution is 2.26. The Morgan fingerprint density at radius 3 is 2.71 bits per heavy atom. The molecular formula is C23H18ClN5OS. The molecule has 0 saturated heterocycles. The summed E-state index contributed by atoms with van der Waals surface area (Å²) in [4.78, 5) is 21.7. The number of thiazole rings is 1. The molecule has 4 aromatic rings. The van der Waals surface area contributed by atoms with E-state index in [1.54, 1.807) is 24.7 Å². The molecule has 0 aliphatic rings. The molecule has 0 radical (unpaired) electrons. The van der Waals surface area contributed by atoms with E-state index in [-0.39, 0.29) is 5.91 Å². The zero-order valence-corrected chi connectivity index (χ0v) is 18.5. The molecule has 31 heavy (non-hydrogen) atoms. The molecule has 1 N–H and O–H groups in total. The number of aryl methyl sites for hydroxylation is 1. The van der Waals surface area contributed by atoms with Gasteiger partial charge in [0.05, 0.1) is 23.5 Å².